The van der Waals surface area contributed by atoms with E-state index in [1.807, 2.05) is 0 Å². The summed E-state index contributed by atoms with van der Waals surface area (Å²) in [5.41, 5.74) is -0.989. The highest BCUT2D eigenvalue weighted by Crippen LogP contribution is 2.28. The van der Waals surface area contributed by atoms with E-state index in [-0.39, 0.29) is 18.2 Å². The Bertz CT molecular complexity index is 565. The highest BCUT2D eigenvalue weighted by molar-refractivity contribution is 6.30. The van der Waals surface area contributed by atoms with Gasteiger partial charge in [0.05, 0.1) is 17.4 Å². The molecule has 0 amide bonds. The molecule has 0 aliphatic carbocycles. The number of aromatic nitrogens is 4. The molecule has 2 aromatic heterocycles. The standard InChI is InChI=1S/C10H7Cl2F3N4/c11-1-9-18-7(10(13,14)15)4-19(9)5-8-16-2-6(12)3-17-8/h2-4H,1,5H2. The van der Waals surface area contributed by atoms with Crippen LogP contribution in [0.2, 0.25) is 5.02 Å². The Balaban J connectivity index is 2.29. The lowest BCUT2D eigenvalue weighted by molar-refractivity contribution is -0.141. The van der Waals surface area contributed by atoms with E-state index in [4.69, 9.17) is 23.2 Å². The first-order valence-corrected chi connectivity index (χ1v) is 5.97. The molecule has 2 aromatic rings. The molecule has 0 saturated heterocycles. The van der Waals surface area contributed by atoms with Gasteiger partial charge in [-0.25, -0.2) is 15.0 Å². The summed E-state index contributed by atoms with van der Waals surface area (Å²) in [5, 5.41) is 0.350. The molecule has 0 bridgehead atoms. The monoisotopic (exact) mass is 310 g/mol. The lowest BCUT2D eigenvalue weighted by Gasteiger charge is -2.04. The van der Waals surface area contributed by atoms with Gasteiger partial charge in [0.25, 0.3) is 0 Å². The third-order valence-corrected chi connectivity index (χ3v) is 2.69. The summed E-state index contributed by atoms with van der Waals surface area (Å²) in [6, 6.07) is 0. The number of halogens is 5. The van der Waals surface area contributed by atoms with Crippen LogP contribution in [0, 0.1) is 0 Å². The average Bonchev–Trinajstić information content (AvgIpc) is 2.75. The van der Waals surface area contributed by atoms with E-state index in [0.717, 1.165) is 6.20 Å². The molecule has 0 saturated carbocycles. The molecule has 2 rings (SSSR count). The number of rotatable bonds is 3. The summed E-state index contributed by atoms with van der Waals surface area (Å²) < 4.78 is 38.9. The van der Waals surface area contributed by atoms with Crippen LogP contribution in [0.15, 0.2) is 18.6 Å². The third-order valence-electron chi connectivity index (χ3n) is 2.25. The Labute approximate surface area is 116 Å². The van der Waals surface area contributed by atoms with Crippen molar-refractivity contribution in [2.24, 2.45) is 0 Å². The fraction of sp³-hybridized carbons (Fsp3) is 0.300. The number of hydrogen-bond donors (Lipinski definition) is 0. The SMILES string of the molecule is FC(F)(F)c1cn(Cc2ncc(Cl)cn2)c(CCl)n1. The molecule has 2 heterocycles. The number of imidazole rings is 1. The lowest BCUT2D eigenvalue weighted by Crippen LogP contribution is -2.06. The first-order valence-electron chi connectivity index (χ1n) is 5.06. The minimum Gasteiger partial charge on any atom is -0.326 e. The van der Waals surface area contributed by atoms with Crippen molar-refractivity contribution in [1.29, 1.82) is 0 Å². The minimum absolute atomic E-state index is 0.0440. The van der Waals surface area contributed by atoms with Crippen molar-refractivity contribution >= 4 is 23.2 Å². The second-order valence-corrected chi connectivity index (χ2v) is 4.32. The van der Waals surface area contributed by atoms with E-state index in [1.54, 1.807) is 0 Å². The first kappa shape index (κ1) is 14.1. The largest absolute Gasteiger partial charge is 0.434 e. The van der Waals surface area contributed by atoms with Crippen molar-refractivity contribution in [2.75, 3.05) is 0 Å². The fourth-order valence-electron chi connectivity index (χ4n) is 1.41. The molecule has 0 atom stereocenters. The molecule has 0 aliphatic rings. The highest BCUT2D eigenvalue weighted by atomic mass is 35.5. The van der Waals surface area contributed by atoms with Crippen molar-refractivity contribution in [1.82, 2.24) is 19.5 Å². The fourth-order valence-corrected chi connectivity index (χ4v) is 1.72. The summed E-state index contributed by atoms with van der Waals surface area (Å²) >= 11 is 11.2. The van der Waals surface area contributed by atoms with Gasteiger partial charge in [-0.3, -0.25) is 0 Å². The quantitative estimate of drug-likeness (QED) is 0.818. The Morgan fingerprint density at radius 3 is 2.37 bits per heavy atom. The second kappa shape index (κ2) is 5.34. The van der Waals surface area contributed by atoms with Gasteiger partial charge in [0.1, 0.15) is 11.6 Å². The maximum absolute atomic E-state index is 12.5. The maximum atomic E-state index is 12.5. The number of nitrogens with zero attached hydrogens (tertiary/aromatic N) is 4. The van der Waals surface area contributed by atoms with Crippen LogP contribution in [0.5, 0.6) is 0 Å². The van der Waals surface area contributed by atoms with Crippen LogP contribution in [0.4, 0.5) is 13.2 Å². The average molecular weight is 311 g/mol. The molecule has 0 N–H and O–H groups in total. The van der Waals surface area contributed by atoms with E-state index in [9.17, 15) is 13.2 Å². The summed E-state index contributed by atoms with van der Waals surface area (Å²) in [7, 11) is 0. The van der Waals surface area contributed by atoms with E-state index in [1.165, 1.54) is 17.0 Å². The van der Waals surface area contributed by atoms with Crippen molar-refractivity contribution < 1.29 is 13.2 Å². The van der Waals surface area contributed by atoms with Crippen molar-refractivity contribution in [3.63, 3.8) is 0 Å². The van der Waals surface area contributed by atoms with Gasteiger partial charge in [0.2, 0.25) is 0 Å². The predicted molar refractivity (Wildman–Crippen MR) is 62.9 cm³/mol. The van der Waals surface area contributed by atoms with Gasteiger partial charge in [0, 0.05) is 18.6 Å². The zero-order valence-electron chi connectivity index (χ0n) is 9.32. The smallest absolute Gasteiger partial charge is 0.326 e. The molecular formula is C10H7Cl2F3N4. The molecule has 0 aromatic carbocycles. The van der Waals surface area contributed by atoms with E-state index < -0.39 is 11.9 Å². The molecular weight excluding hydrogens is 304 g/mol. The van der Waals surface area contributed by atoms with Crippen molar-refractivity contribution in [3.8, 4) is 0 Å². The molecule has 0 unspecified atom stereocenters. The summed E-state index contributed by atoms with van der Waals surface area (Å²) in [5.74, 6) is 0.290. The Kier molecular flexibility index (Phi) is 3.96. The zero-order valence-corrected chi connectivity index (χ0v) is 10.8. The van der Waals surface area contributed by atoms with E-state index >= 15 is 0 Å². The molecule has 0 aliphatic heterocycles. The van der Waals surface area contributed by atoms with Crippen LogP contribution >= 0.6 is 23.2 Å². The van der Waals surface area contributed by atoms with Gasteiger partial charge in [-0.2, -0.15) is 13.2 Å². The zero-order chi connectivity index (χ0) is 14.0. The molecule has 0 radical (unpaired) electrons. The number of hydrogen-bond acceptors (Lipinski definition) is 3. The van der Waals surface area contributed by atoms with Gasteiger partial charge in [-0.15, -0.1) is 11.6 Å². The maximum Gasteiger partial charge on any atom is 0.434 e. The van der Waals surface area contributed by atoms with Crippen LogP contribution in [-0.2, 0) is 18.6 Å². The van der Waals surface area contributed by atoms with E-state index in [2.05, 4.69) is 15.0 Å². The Morgan fingerprint density at radius 1 is 1.21 bits per heavy atom. The first-order chi connectivity index (χ1) is 8.90. The van der Waals surface area contributed by atoms with Gasteiger partial charge in [-0.1, -0.05) is 11.6 Å². The predicted octanol–water partition coefficient (Wildman–Crippen LogP) is 3.13. The van der Waals surface area contributed by atoms with Crippen LogP contribution in [0.3, 0.4) is 0 Å². The van der Waals surface area contributed by atoms with Gasteiger partial charge < -0.3 is 4.57 Å². The Morgan fingerprint density at radius 2 is 1.84 bits per heavy atom. The summed E-state index contributed by atoms with van der Waals surface area (Å²) in [6.45, 7) is 0.0440. The molecule has 4 nitrogen and oxygen atoms in total. The molecule has 9 heteroatoms. The van der Waals surface area contributed by atoms with Gasteiger partial charge in [-0.05, 0) is 0 Å². The highest BCUT2D eigenvalue weighted by Gasteiger charge is 2.34. The Hall–Kier alpha value is -1.34. The summed E-state index contributed by atoms with van der Waals surface area (Å²) in [4.78, 5) is 11.2. The van der Waals surface area contributed by atoms with Crippen molar-refractivity contribution in [3.05, 3.63) is 41.0 Å². The minimum atomic E-state index is -4.51. The van der Waals surface area contributed by atoms with Crippen LogP contribution in [0.1, 0.15) is 17.3 Å². The lowest BCUT2D eigenvalue weighted by atomic mass is 10.4. The van der Waals surface area contributed by atoms with E-state index in [0.29, 0.717) is 10.8 Å². The van der Waals surface area contributed by atoms with Crippen molar-refractivity contribution in [2.45, 2.75) is 18.6 Å². The van der Waals surface area contributed by atoms with Gasteiger partial charge in [0.15, 0.2) is 5.69 Å². The third kappa shape index (κ3) is 3.36. The molecule has 0 spiro atoms. The van der Waals surface area contributed by atoms with Crippen LogP contribution < -0.4 is 0 Å². The summed E-state index contributed by atoms with van der Waals surface area (Å²) in [6.07, 6.45) is -0.889. The molecule has 0 fully saturated rings. The molecule has 19 heavy (non-hydrogen) atoms. The molecule has 102 valence electrons. The normalized spacial score (nSPS) is 11.8. The van der Waals surface area contributed by atoms with Gasteiger partial charge >= 0.3 is 6.18 Å². The van der Waals surface area contributed by atoms with Crippen LogP contribution in [-0.4, -0.2) is 19.5 Å². The second-order valence-electron chi connectivity index (χ2n) is 3.62. The number of alkyl halides is 4. The topological polar surface area (TPSA) is 43.6 Å². The van der Waals surface area contributed by atoms with Crippen LogP contribution in [0.25, 0.3) is 0 Å².